The average Bonchev–Trinajstić information content (AvgIpc) is 2.75. The predicted octanol–water partition coefficient (Wildman–Crippen LogP) is 3.15. The van der Waals surface area contributed by atoms with E-state index < -0.39 is 5.97 Å². The monoisotopic (exact) mass is 267 g/mol. The number of nitrogens with two attached hydrogens (primary N) is 1. The van der Waals surface area contributed by atoms with Crippen molar-refractivity contribution >= 4 is 28.9 Å². The number of carboxylic acids is 1. The molecule has 17 heavy (non-hydrogen) atoms. The van der Waals surface area contributed by atoms with Crippen LogP contribution in [-0.4, -0.2) is 11.1 Å². The van der Waals surface area contributed by atoms with Gasteiger partial charge in [-0.25, -0.2) is 4.79 Å². The van der Waals surface area contributed by atoms with Crippen LogP contribution in [0.5, 0.6) is 0 Å². The molecule has 0 spiro atoms. The number of thiophene rings is 1. The first kappa shape index (κ1) is 12.1. The second kappa shape index (κ2) is 4.87. The Kier molecular flexibility index (Phi) is 3.47. The van der Waals surface area contributed by atoms with Gasteiger partial charge in [0.2, 0.25) is 0 Å². The van der Waals surface area contributed by atoms with Crippen molar-refractivity contribution in [1.82, 2.24) is 0 Å². The Morgan fingerprint density at radius 3 is 2.35 bits per heavy atom. The first-order chi connectivity index (χ1) is 8.08. The van der Waals surface area contributed by atoms with Gasteiger partial charge in [0.15, 0.2) is 0 Å². The van der Waals surface area contributed by atoms with Crippen molar-refractivity contribution in [2.24, 2.45) is 5.73 Å². The lowest BCUT2D eigenvalue weighted by molar-refractivity contribution is 0.0697. The van der Waals surface area contributed by atoms with Crippen LogP contribution in [0.3, 0.4) is 0 Å². The molecule has 0 saturated carbocycles. The van der Waals surface area contributed by atoms with Crippen LogP contribution < -0.4 is 5.73 Å². The molecule has 0 saturated heterocycles. The van der Waals surface area contributed by atoms with Gasteiger partial charge >= 0.3 is 5.97 Å². The predicted molar refractivity (Wildman–Crippen MR) is 68.8 cm³/mol. The molecule has 5 heteroatoms. The Morgan fingerprint density at radius 2 is 1.88 bits per heavy atom. The minimum absolute atomic E-state index is 0.255. The zero-order valence-corrected chi connectivity index (χ0v) is 10.3. The van der Waals surface area contributed by atoms with E-state index in [0.29, 0.717) is 4.34 Å². The van der Waals surface area contributed by atoms with Crippen molar-refractivity contribution in [3.8, 4) is 0 Å². The van der Waals surface area contributed by atoms with Crippen molar-refractivity contribution in [2.75, 3.05) is 0 Å². The number of rotatable bonds is 3. The van der Waals surface area contributed by atoms with Gasteiger partial charge in [-0.3, -0.25) is 0 Å². The molecule has 2 rings (SSSR count). The van der Waals surface area contributed by atoms with Crippen LogP contribution in [0.4, 0.5) is 0 Å². The van der Waals surface area contributed by atoms with Gasteiger partial charge in [-0.2, -0.15) is 0 Å². The summed E-state index contributed by atoms with van der Waals surface area (Å²) < 4.78 is 0.692. The highest BCUT2D eigenvalue weighted by Crippen LogP contribution is 2.29. The minimum Gasteiger partial charge on any atom is -0.478 e. The third-order valence-electron chi connectivity index (χ3n) is 2.42. The van der Waals surface area contributed by atoms with E-state index in [9.17, 15) is 4.79 Å². The Morgan fingerprint density at radius 1 is 1.24 bits per heavy atom. The second-order valence-electron chi connectivity index (χ2n) is 3.55. The number of hydrogen-bond acceptors (Lipinski definition) is 3. The summed E-state index contributed by atoms with van der Waals surface area (Å²) in [6.45, 7) is 0. The summed E-state index contributed by atoms with van der Waals surface area (Å²) in [5, 5.41) is 8.79. The van der Waals surface area contributed by atoms with E-state index in [2.05, 4.69) is 0 Å². The summed E-state index contributed by atoms with van der Waals surface area (Å²) in [7, 11) is 0. The van der Waals surface area contributed by atoms with Gasteiger partial charge in [0.1, 0.15) is 0 Å². The molecule has 0 amide bonds. The molecule has 0 fully saturated rings. The normalized spacial score (nSPS) is 12.4. The van der Waals surface area contributed by atoms with E-state index in [4.69, 9.17) is 22.4 Å². The van der Waals surface area contributed by atoms with Crippen molar-refractivity contribution < 1.29 is 9.90 Å². The van der Waals surface area contributed by atoms with E-state index in [0.717, 1.165) is 10.4 Å². The molecular weight excluding hydrogens is 258 g/mol. The molecule has 0 radical (unpaired) electrons. The summed E-state index contributed by atoms with van der Waals surface area (Å²) in [5.41, 5.74) is 7.18. The Labute approximate surface area is 107 Å². The van der Waals surface area contributed by atoms with Crippen molar-refractivity contribution in [3.63, 3.8) is 0 Å². The van der Waals surface area contributed by atoms with Gasteiger partial charge in [-0.05, 0) is 29.8 Å². The standard InChI is InChI=1S/C12H10ClNO2S/c13-10-6-5-9(17-10)11(14)7-1-3-8(4-2-7)12(15)16/h1-6,11H,14H2,(H,15,16). The molecule has 1 atom stereocenters. The Bertz CT molecular complexity index is 536. The van der Waals surface area contributed by atoms with Gasteiger partial charge in [0.25, 0.3) is 0 Å². The molecule has 1 aromatic heterocycles. The fraction of sp³-hybridized carbons (Fsp3) is 0.0833. The second-order valence-corrected chi connectivity index (χ2v) is 5.29. The van der Waals surface area contributed by atoms with Crippen LogP contribution >= 0.6 is 22.9 Å². The Balaban J connectivity index is 2.25. The quantitative estimate of drug-likeness (QED) is 0.898. The van der Waals surface area contributed by atoms with Gasteiger partial charge in [-0.15, -0.1) is 11.3 Å². The fourth-order valence-corrected chi connectivity index (χ4v) is 2.58. The molecule has 1 heterocycles. The van der Waals surface area contributed by atoms with E-state index in [-0.39, 0.29) is 11.6 Å². The highest BCUT2D eigenvalue weighted by molar-refractivity contribution is 7.16. The maximum absolute atomic E-state index is 10.7. The molecule has 88 valence electrons. The lowest BCUT2D eigenvalue weighted by Crippen LogP contribution is -2.10. The first-order valence-electron chi connectivity index (χ1n) is 4.92. The molecule has 3 N–H and O–H groups in total. The van der Waals surface area contributed by atoms with Crippen LogP contribution in [0, 0.1) is 0 Å². The molecule has 1 aromatic carbocycles. The van der Waals surface area contributed by atoms with E-state index in [1.165, 1.54) is 11.3 Å². The third kappa shape index (κ3) is 2.66. The van der Waals surface area contributed by atoms with Crippen LogP contribution in [-0.2, 0) is 0 Å². The summed E-state index contributed by atoms with van der Waals surface area (Å²) in [4.78, 5) is 11.7. The van der Waals surface area contributed by atoms with Gasteiger partial charge < -0.3 is 10.8 Å². The average molecular weight is 268 g/mol. The smallest absolute Gasteiger partial charge is 0.335 e. The molecule has 3 nitrogen and oxygen atoms in total. The molecule has 2 aromatic rings. The highest BCUT2D eigenvalue weighted by Gasteiger charge is 2.12. The minimum atomic E-state index is -0.940. The maximum Gasteiger partial charge on any atom is 0.335 e. The van der Waals surface area contributed by atoms with Gasteiger partial charge in [-0.1, -0.05) is 23.7 Å². The van der Waals surface area contributed by atoms with Crippen LogP contribution in [0.2, 0.25) is 4.34 Å². The topological polar surface area (TPSA) is 63.3 Å². The van der Waals surface area contributed by atoms with Crippen LogP contribution in [0.15, 0.2) is 36.4 Å². The lowest BCUT2D eigenvalue weighted by atomic mass is 10.0. The van der Waals surface area contributed by atoms with E-state index >= 15 is 0 Å². The largest absolute Gasteiger partial charge is 0.478 e. The third-order valence-corrected chi connectivity index (χ3v) is 3.73. The molecule has 1 unspecified atom stereocenters. The first-order valence-corrected chi connectivity index (χ1v) is 6.11. The number of benzene rings is 1. The molecule has 0 aliphatic carbocycles. The number of carbonyl (C=O) groups is 1. The van der Waals surface area contributed by atoms with Gasteiger partial charge in [0, 0.05) is 4.88 Å². The highest BCUT2D eigenvalue weighted by atomic mass is 35.5. The SMILES string of the molecule is NC(c1ccc(C(=O)O)cc1)c1ccc(Cl)s1. The number of carboxylic acid groups (broad SMARTS) is 1. The number of halogens is 1. The fourth-order valence-electron chi connectivity index (χ4n) is 1.49. The van der Waals surface area contributed by atoms with Crippen molar-refractivity contribution in [1.29, 1.82) is 0 Å². The van der Waals surface area contributed by atoms with Crippen LogP contribution in [0.25, 0.3) is 0 Å². The van der Waals surface area contributed by atoms with Crippen molar-refractivity contribution in [2.45, 2.75) is 6.04 Å². The molecular formula is C12H10ClNO2S. The Hall–Kier alpha value is -1.36. The summed E-state index contributed by atoms with van der Waals surface area (Å²) in [6, 6.07) is 9.95. The van der Waals surface area contributed by atoms with Crippen molar-refractivity contribution in [3.05, 3.63) is 56.7 Å². The molecule has 0 bridgehead atoms. The molecule has 0 aliphatic rings. The van der Waals surface area contributed by atoms with E-state index in [1.807, 2.05) is 6.07 Å². The summed E-state index contributed by atoms with van der Waals surface area (Å²) in [6.07, 6.45) is 0. The van der Waals surface area contributed by atoms with E-state index in [1.54, 1.807) is 30.3 Å². The maximum atomic E-state index is 10.7. The lowest BCUT2D eigenvalue weighted by Gasteiger charge is -2.09. The molecule has 0 aliphatic heterocycles. The summed E-state index contributed by atoms with van der Waals surface area (Å²) >= 11 is 7.27. The number of hydrogen-bond donors (Lipinski definition) is 2. The summed E-state index contributed by atoms with van der Waals surface area (Å²) in [5.74, 6) is -0.940. The van der Waals surface area contributed by atoms with Gasteiger partial charge in [0.05, 0.1) is 15.9 Å². The number of aromatic carboxylic acids is 1. The zero-order valence-electron chi connectivity index (χ0n) is 8.76. The zero-order chi connectivity index (χ0) is 12.4. The van der Waals surface area contributed by atoms with Crippen LogP contribution in [0.1, 0.15) is 26.8 Å².